The summed E-state index contributed by atoms with van der Waals surface area (Å²) >= 11 is 13.7. The summed E-state index contributed by atoms with van der Waals surface area (Å²) in [5.74, 6) is 0.0189. The average Bonchev–Trinajstić information content (AvgIpc) is 3.31. The topological polar surface area (TPSA) is 209 Å². The third-order valence-corrected chi connectivity index (χ3v) is 11.8. The molecule has 68 heavy (non-hydrogen) atoms. The van der Waals surface area contributed by atoms with Crippen molar-refractivity contribution >= 4 is 47.6 Å². The number of hydrogen-bond acceptors (Lipinski definition) is 12. The lowest BCUT2D eigenvalue weighted by Gasteiger charge is -2.19. The van der Waals surface area contributed by atoms with Crippen LogP contribution in [0.4, 0.5) is 0 Å². The zero-order chi connectivity index (χ0) is 48.7. The maximum absolute atomic E-state index is 11.3. The minimum Gasteiger partial charge on any atom is -0.488 e. The van der Waals surface area contributed by atoms with Gasteiger partial charge in [0.15, 0.2) is 0 Å². The molecule has 0 saturated heterocycles. The van der Waals surface area contributed by atoms with Gasteiger partial charge in [0, 0.05) is 108 Å². The van der Waals surface area contributed by atoms with Gasteiger partial charge in [-0.05, 0) is 85.3 Å². The molecule has 0 amide bonds. The lowest BCUT2D eigenvalue weighted by Crippen LogP contribution is -2.28. The Morgan fingerprint density at radius 3 is 1.37 bits per heavy atom. The molecular formula is C52H54Cl2N6O8. The molecule has 16 heteroatoms. The minimum atomic E-state index is -0.905. The number of benzene rings is 4. The van der Waals surface area contributed by atoms with E-state index in [4.69, 9.17) is 53.0 Å². The second-order valence-electron chi connectivity index (χ2n) is 16.4. The number of halogens is 2. The fraction of sp³-hybridized carbons (Fsp3) is 0.269. The van der Waals surface area contributed by atoms with Crippen molar-refractivity contribution in [3.8, 4) is 34.1 Å². The van der Waals surface area contributed by atoms with Gasteiger partial charge in [0.1, 0.15) is 49.4 Å². The van der Waals surface area contributed by atoms with E-state index in [1.54, 1.807) is 62.9 Å². The third kappa shape index (κ3) is 14.1. The van der Waals surface area contributed by atoms with Gasteiger partial charge in [-0.1, -0.05) is 59.6 Å². The predicted octanol–water partition coefficient (Wildman–Crippen LogP) is 10.3. The Labute approximate surface area is 405 Å². The van der Waals surface area contributed by atoms with Gasteiger partial charge >= 0.3 is 11.9 Å². The molecule has 354 valence electrons. The Morgan fingerprint density at radius 2 is 0.985 bits per heavy atom. The molecule has 0 aliphatic rings. The number of pyridine rings is 2. The number of carbonyl (C=O) groups is 2. The molecule has 14 nitrogen and oxygen atoms in total. The van der Waals surface area contributed by atoms with E-state index in [2.05, 4.69) is 32.7 Å². The molecule has 0 radical (unpaired) electrons. The Balaban J connectivity index is 1.19. The number of nitrogens with one attached hydrogen (secondary N) is 4. The highest BCUT2D eigenvalue weighted by molar-refractivity contribution is 6.32. The molecule has 0 spiro atoms. The van der Waals surface area contributed by atoms with E-state index in [0.29, 0.717) is 57.3 Å². The zero-order valence-corrected chi connectivity index (χ0v) is 39.7. The number of carboxylic acid groups (broad SMARTS) is 2. The molecule has 6 N–H and O–H groups in total. The maximum Gasteiger partial charge on any atom is 0.304 e. The van der Waals surface area contributed by atoms with Crippen LogP contribution in [0.2, 0.25) is 10.0 Å². The molecular weight excluding hydrogens is 908 g/mol. The Morgan fingerprint density at radius 1 is 0.588 bits per heavy atom. The summed E-state index contributed by atoms with van der Waals surface area (Å²) in [6.45, 7) is 9.05. The lowest BCUT2D eigenvalue weighted by molar-refractivity contribution is -0.138. The number of ether oxygens (including phenoxy) is 4. The van der Waals surface area contributed by atoms with E-state index in [9.17, 15) is 19.8 Å². The van der Waals surface area contributed by atoms with Crippen molar-refractivity contribution in [3.63, 3.8) is 0 Å². The number of hydrogen-bond donors (Lipinski definition) is 6. The van der Waals surface area contributed by atoms with Crippen molar-refractivity contribution in [2.24, 2.45) is 0 Å². The van der Waals surface area contributed by atoms with Gasteiger partial charge in [-0.2, -0.15) is 0 Å². The summed E-state index contributed by atoms with van der Waals surface area (Å²) in [6, 6.07) is 22.2. The molecule has 0 aliphatic heterocycles. The van der Waals surface area contributed by atoms with Gasteiger partial charge in [0.25, 0.3) is 0 Å². The number of carboxylic acids is 2. The molecule has 2 unspecified atom stereocenters. The van der Waals surface area contributed by atoms with E-state index in [1.807, 2.05) is 50.2 Å². The van der Waals surface area contributed by atoms with Crippen LogP contribution >= 0.6 is 23.2 Å². The highest BCUT2D eigenvalue weighted by atomic mass is 35.5. The zero-order valence-electron chi connectivity index (χ0n) is 38.2. The first-order valence-electron chi connectivity index (χ1n) is 21.8. The van der Waals surface area contributed by atoms with Crippen molar-refractivity contribution in [2.75, 3.05) is 0 Å². The van der Waals surface area contributed by atoms with Crippen molar-refractivity contribution in [2.45, 2.75) is 92.1 Å². The van der Waals surface area contributed by atoms with Crippen LogP contribution in [0.1, 0.15) is 82.3 Å². The smallest absolute Gasteiger partial charge is 0.304 e. The van der Waals surface area contributed by atoms with Crippen molar-refractivity contribution in [1.29, 1.82) is 10.8 Å². The Hall–Kier alpha value is -6.84. The maximum atomic E-state index is 11.3. The first kappa shape index (κ1) is 50.6. The molecule has 6 aromatic rings. The Bertz CT molecular complexity index is 2580. The molecule has 0 aliphatic carbocycles. The summed E-state index contributed by atoms with van der Waals surface area (Å²) < 4.78 is 25.3. The molecule has 0 bridgehead atoms. The first-order valence-corrected chi connectivity index (χ1v) is 22.6. The summed E-state index contributed by atoms with van der Waals surface area (Å²) in [7, 11) is 0. The highest BCUT2D eigenvalue weighted by Gasteiger charge is 2.18. The van der Waals surface area contributed by atoms with Gasteiger partial charge in [0.05, 0.1) is 22.9 Å². The van der Waals surface area contributed by atoms with Crippen molar-refractivity contribution in [3.05, 3.63) is 163 Å². The Kier molecular flexibility index (Phi) is 18.0. The van der Waals surface area contributed by atoms with Crippen molar-refractivity contribution < 1.29 is 38.7 Å². The van der Waals surface area contributed by atoms with E-state index in [0.717, 1.165) is 55.6 Å². The standard InChI is InChI=1S/C52H54Cl2N6O8/c1-31(11-51(61)62)59-25-41-15-45(53)49(17-47(41)65-27-37-13-35(19-55)21-57-23-37)67-29-39-7-5-9-43(33(39)3)44-10-6-8-40(34(44)4)30-68-50-18-48(66-28-38-14-36(20-56)22-58-24-38)42(16-46(50)54)26-60-32(2)12-52(63)64/h5-10,13-24,31-32,55-56,59-60H,11-12,25-30H2,1-4H3,(H,61,62)(H,63,64). The van der Waals surface area contributed by atoms with Gasteiger partial charge in [-0.15, -0.1) is 0 Å². The van der Waals surface area contributed by atoms with Crippen LogP contribution in [-0.2, 0) is 49.1 Å². The normalized spacial score (nSPS) is 11.9. The monoisotopic (exact) mass is 960 g/mol. The van der Waals surface area contributed by atoms with E-state index < -0.39 is 11.9 Å². The molecule has 0 fully saturated rings. The second-order valence-corrected chi connectivity index (χ2v) is 17.2. The largest absolute Gasteiger partial charge is 0.488 e. The summed E-state index contributed by atoms with van der Waals surface area (Å²) in [4.78, 5) is 31.0. The summed E-state index contributed by atoms with van der Waals surface area (Å²) in [6.07, 6.45) is 8.87. The highest BCUT2D eigenvalue weighted by Crippen LogP contribution is 2.37. The van der Waals surface area contributed by atoms with Crippen LogP contribution in [0, 0.1) is 24.7 Å². The fourth-order valence-corrected chi connectivity index (χ4v) is 7.86. The van der Waals surface area contributed by atoms with Gasteiger partial charge < -0.3 is 50.6 Å². The van der Waals surface area contributed by atoms with Crippen molar-refractivity contribution in [1.82, 2.24) is 20.6 Å². The average molecular weight is 962 g/mol. The molecule has 6 rings (SSSR count). The van der Waals surface area contributed by atoms with Crippen LogP contribution in [0.3, 0.4) is 0 Å². The van der Waals surface area contributed by atoms with Gasteiger partial charge in [-0.3, -0.25) is 19.6 Å². The molecule has 2 aromatic heterocycles. The molecule has 0 saturated carbocycles. The number of aliphatic carboxylic acids is 2. The molecule has 2 heterocycles. The number of rotatable bonds is 25. The number of nitrogens with zero attached hydrogens (tertiary/aromatic N) is 2. The van der Waals surface area contributed by atoms with Gasteiger partial charge in [-0.25, -0.2) is 0 Å². The number of aromatic nitrogens is 2. The van der Waals surface area contributed by atoms with E-state index in [1.165, 1.54) is 12.4 Å². The van der Waals surface area contributed by atoms with E-state index >= 15 is 0 Å². The van der Waals surface area contributed by atoms with Crippen LogP contribution in [-0.4, -0.2) is 56.6 Å². The lowest BCUT2D eigenvalue weighted by atomic mass is 9.92. The SMILES string of the molecule is Cc1c(COc2cc(OCc3cncc(C=N)c3)c(CNC(C)CC(=O)O)cc2Cl)cccc1-c1cccc(COc2cc(OCc3cncc(C=N)c3)c(CNC(C)CC(=O)O)cc2Cl)c1C. The summed E-state index contributed by atoms with van der Waals surface area (Å²) in [5.41, 5.74) is 10.2. The first-order chi connectivity index (χ1) is 32.7. The third-order valence-electron chi connectivity index (χ3n) is 11.2. The van der Waals surface area contributed by atoms with Crippen LogP contribution in [0.5, 0.6) is 23.0 Å². The van der Waals surface area contributed by atoms with Crippen LogP contribution in [0.15, 0.2) is 97.6 Å². The second kappa shape index (κ2) is 24.3. The van der Waals surface area contributed by atoms with Crippen LogP contribution in [0.25, 0.3) is 11.1 Å². The predicted molar refractivity (Wildman–Crippen MR) is 263 cm³/mol. The van der Waals surface area contributed by atoms with Gasteiger partial charge in [0.2, 0.25) is 0 Å². The van der Waals surface area contributed by atoms with E-state index in [-0.39, 0.29) is 51.4 Å². The molecule has 2 atom stereocenters. The minimum absolute atomic E-state index is 0.0501. The molecule has 4 aromatic carbocycles. The summed E-state index contributed by atoms with van der Waals surface area (Å²) in [5, 5.41) is 40.9. The quantitative estimate of drug-likeness (QED) is 0.0296. The fourth-order valence-electron chi connectivity index (χ4n) is 7.38. The van der Waals surface area contributed by atoms with Crippen LogP contribution < -0.4 is 29.6 Å².